The van der Waals surface area contributed by atoms with E-state index in [0.717, 1.165) is 50.1 Å². The number of ether oxygens (including phenoxy) is 2. The molecule has 1 aliphatic heterocycles. The van der Waals surface area contributed by atoms with E-state index in [9.17, 15) is 23.4 Å². The molecule has 1 amide bonds. The molecule has 6 atom stereocenters. The average Bonchev–Trinajstić information content (AvgIpc) is 3.30. The van der Waals surface area contributed by atoms with Gasteiger partial charge in [0.05, 0.1) is 29.8 Å². The highest BCUT2D eigenvalue weighted by Gasteiger charge is 2.34. The van der Waals surface area contributed by atoms with E-state index in [2.05, 4.69) is 14.9 Å². The Bertz CT molecular complexity index is 2470. The number of hydrogen-bond acceptors (Lipinski definition) is 8. The van der Waals surface area contributed by atoms with Crippen LogP contribution in [0, 0.1) is 6.92 Å². The third-order valence-corrected chi connectivity index (χ3v) is 13.0. The fourth-order valence-electron chi connectivity index (χ4n) is 7.71. The van der Waals surface area contributed by atoms with Crippen LogP contribution < -0.4 is 10.0 Å². The number of aryl methyl sites for hydroxylation is 1. The van der Waals surface area contributed by atoms with Crippen LogP contribution in [0.25, 0.3) is 11.1 Å². The summed E-state index contributed by atoms with van der Waals surface area (Å²) in [5.41, 5.74) is 8.07. The lowest BCUT2D eigenvalue weighted by Crippen LogP contribution is -2.47. The number of nitrogens with one attached hydrogen (secondary N) is 2. The van der Waals surface area contributed by atoms with Gasteiger partial charge in [-0.25, -0.2) is 8.42 Å². The molecule has 0 unspecified atom stereocenters. The van der Waals surface area contributed by atoms with Gasteiger partial charge in [0.25, 0.3) is 0 Å². The minimum Gasteiger partial charge on any atom is -0.392 e. The standard InChI is InChI=1S/C51H55N3O7S/c1-35-17-27-46(28-18-35)62(58,59)53-47(30-37-11-6-4-7-12-37)50(57)52-32-39-13-10-16-44(29-39)40-23-25-43(26-24-40)51-60-45(31-48(61-51)41-21-19-38(34-55)20-22-41)33-54(3)36(2)49(56)42-14-8-5-9-15-42/h4-29,36,45,47-49,51,53,55-56H,30-34H2,1-3H3,(H,52,57)/t36-,45-,47-,48+,49-,51+/m1/s1. The molecule has 6 aromatic carbocycles. The highest BCUT2D eigenvalue weighted by molar-refractivity contribution is 7.89. The van der Waals surface area contributed by atoms with Gasteiger partial charge in [-0.3, -0.25) is 9.69 Å². The van der Waals surface area contributed by atoms with Crippen LogP contribution in [0.4, 0.5) is 0 Å². The summed E-state index contributed by atoms with van der Waals surface area (Å²) in [6, 6.07) is 48.1. The summed E-state index contributed by atoms with van der Waals surface area (Å²) in [6.45, 7) is 4.63. The second-order valence-electron chi connectivity index (χ2n) is 16.1. The molecule has 0 saturated carbocycles. The van der Waals surface area contributed by atoms with E-state index in [-0.39, 0.29) is 42.7 Å². The Morgan fingerprint density at radius 1 is 0.758 bits per heavy atom. The van der Waals surface area contributed by atoms with E-state index in [1.54, 1.807) is 12.1 Å². The van der Waals surface area contributed by atoms with Gasteiger partial charge in [-0.2, -0.15) is 4.72 Å². The van der Waals surface area contributed by atoms with Crippen LogP contribution in [0.3, 0.4) is 0 Å². The minimum absolute atomic E-state index is 0.0371. The largest absolute Gasteiger partial charge is 0.392 e. The number of nitrogens with zero attached hydrogens (tertiary/aromatic N) is 1. The van der Waals surface area contributed by atoms with Crippen molar-refractivity contribution >= 4 is 15.9 Å². The molecule has 1 aliphatic rings. The summed E-state index contributed by atoms with van der Waals surface area (Å²) >= 11 is 0. The van der Waals surface area contributed by atoms with E-state index >= 15 is 0 Å². The van der Waals surface area contributed by atoms with E-state index in [1.807, 2.05) is 154 Å². The van der Waals surface area contributed by atoms with Crippen LogP contribution in [0.2, 0.25) is 0 Å². The first kappa shape index (κ1) is 44.6. The molecule has 1 fully saturated rings. The lowest BCUT2D eigenvalue weighted by Gasteiger charge is -2.39. The van der Waals surface area contributed by atoms with Crippen molar-refractivity contribution in [2.45, 2.75) is 81.4 Å². The fraction of sp³-hybridized carbons (Fsp3) is 0.275. The van der Waals surface area contributed by atoms with Gasteiger partial charge in [0.15, 0.2) is 6.29 Å². The molecular formula is C51H55N3O7S. The van der Waals surface area contributed by atoms with Crippen LogP contribution in [0.1, 0.15) is 70.8 Å². The maximum atomic E-state index is 13.7. The van der Waals surface area contributed by atoms with Gasteiger partial charge in [0.2, 0.25) is 15.9 Å². The number of hydrogen-bond donors (Lipinski definition) is 4. The summed E-state index contributed by atoms with van der Waals surface area (Å²) in [6.07, 6.45) is -0.983. The molecule has 0 spiro atoms. The third kappa shape index (κ3) is 11.5. The second-order valence-corrected chi connectivity index (χ2v) is 17.8. The van der Waals surface area contributed by atoms with Crippen LogP contribution in [0.15, 0.2) is 163 Å². The van der Waals surface area contributed by atoms with Crippen LogP contribution in [-0.4, -0.2) is 61.2 Å². The number of amides is 1. The molecule has 0 radical (unpaired) electrons. The average molecular weight is 854 g/mol. The third-order valence-electron chi connectivity index (χ3n) is 11.5. The van der Waals surface area contributed by atoms with Gasteiger partial charge in [-0.15, -0.1) is 0 Å². The number of aliphatic hydroxyl groups is 2. The number of likely N-dealkylation sites (N-methyl/N-ethyl adjacent to an activating group) is 1. The van der Waals surface area contributed by atoms with E-state index in [4.69, 9.17) is 9.47 Å². The number of sulfonamides is 1. The SMILES string of the molecule is Cc1ccc(S(=O)(=O)N[C@H](Cc2ccccc2)C(=O)NCc2cccc(-c3ccc([C@H]4O[C@@H](CN(C)[C@H](C)[C@@H](O)c5ccccc5)C[C@@H](c5ccc(CO)cc5)O4)cc3)c2)cc1. The maximum absolute atomic E-state index is 13.7. The number of rotatable bonds is 17. The van der Waals surface area contributed by atoms with Crippen LogP contribution >= 0.6 is 0 Å². The fourth-order valence-corrected chi connectivity index (χ4v) is 8.90. The van der Waals surface area contributed by atoms with Crippen molar-refractivity contribution in [2.24, 2.45) is 0 Å². The smallest absolute Gasteiger partial charge is 0.241 e. The summed E-state index contributed by atoms with van der Waals surface area (Å²) in [5.74, 6) is -0.430. The van der Waals surface area contributed by atoms with Gasteiger partial charge in [0, 0.05) is 31.1 Å². The lowest BCUT2D eigenvalue weighted by atomic mass is 9.98. The first-order valence-electron chi connectivity index (χ1n) is 21.0. The summed E-state index contributed by atoms with van der Waals surface area (Å²) in [5, 5.41) is 23.8. The topological polar surface area (TPSA) is 137 Å². The predicted molar refractivity (Wildman–Crippen MR) is 241 cm³/mol. The molecule has 10 nitrogen and oxygen atoms in total. The summed E-state index contributed by atoms with van der Waals surface area (Å²) in [7, 11) is -1.97. The summed E-state index contributed by atoms with van der Waals surface area (Å²) < 4.78 is 42.7. The Labute approximate surface area is 365 Å². The monoisotopic (exact) mass is 853 g/mol. The lowest BCUT2D eigenvalue weighted by molar-refractivity contribution is -0.253. The van der Waals surface area contributed by atoms with Gasteiger partial charge < -0.3 is 25.0 Å². The Morgan fingerprint density at radius 3 is 2.08 bits per heavy atom. The Morgan fingerprint density at radius 2 is 1.40 bits per heavy atom. The molecule has 62 heavy (non-hydrogen) atoms. The van der Waals surface area contributed by atoms with Crippen molar-refractivity contribution in [3.05, 3.63) is 197 Å². The van der Waals surface area contributed by atoms with Gasteiger partial charge in [0.1, 0.15) is 6.04 Å². The van der Waals surface area contributed by atoms with E-state index in [0.29, 0.717) is 13.0 Å². The molecule has 7 rings (SSSR count). The quantitative estimate of drug-likeness (QED) is 0.0726. The highest BCUT2D eigenvalue weighted by Crippen LogP contribution is 2.39. The molecule has 1 saturated heterocycles. The van der Waals surface area contributed by atoms with Crippen molar-refractivity contribution in [2.75, 3.05) is 13.6 Å². The zero-order chi connectivity index (χ0) is 43.6. The van der Waals surface area contributed by atoms with Crippen molar-refractivity contribution in [3.63, 3.8) is 0 Å². The first-order valence-corrected chi connectivity index (χ1v) is 22.5. The first-order chi connectivity index (χ1) is 29.9. The predicted octanol–water partition coefficient (Wildman–Crippen LogP) is 7.96. The van der Waals surface area contributed by atoms with Crippen molar-refractivity contribution in [1.29, 1.82) is 0 Å². The normalized spacial score (nSPS) is 18.2. The molecule has 4 N–H and O–H groups in total. The van der Waals surface area contributed by atoms with Gasteiger partial charge in [-0.05, 0) is 84.5 Å². The number of benzene rings is 6. The zero-order valence-electron chi connectivity index (χ0n) is 35.3. The number of carbonyl (C=O) groups is 1. The molecule has 0 aliphatic carbocycles. The van der Waals surface area contributed by atoms with Crippen molar-refractivity contribution in [1.82, 2.24) is 14.9 Å². The molecule has 11 heteroatoms. The molecule has 0 bridgehead atoms. The van der Waals surface area contributed by atoms with Crippen LogP contribution in [-0.2, 0) is 43.9 Å². The molecule has 0 aromatic heterocycles. The van der Waals surface area contributed by atoms with Gasteiger partial charge >= 0.3 is 0 Å². The van der Waals surface area contributed by atoms with Crippen molar-refractivity contribution < 1.29 is 32.9 Å². The Hall–Kier alpha value is -5.50. The second kappa shape index (κ2) is 20.6. The van der Waals surface area contributed by atoms with Crippen molar-refractivity contribution in [3.8, 4) is 11.1 Å². The maximum Gasteiger partial charge on any atom is 0.241 e. The Balaban J connectivity index is 1.04. The number of aliphatic hydroxyl groups excluding tert-OH is 2. The Kier molecular flexibility index (Phi) is 14.8. The molecule has 322 valence electrons. The zero-order valence-corrected chi connectivity index (χ0v) is 36.1. The van der Waals surface area contributed by atoms with E-state index in [1.165, 1.54) is 12.1 Å². The molecule has 1 heterocycles. The molecule has 6 aromatic rings. The summed E-state index contributed by atoms with van der Waals surface area (Å²) in [4.78, 5) is 15.9. The molecular weight excluding hydrogens is 799 g/mol. The van der Waals surface area contributed by atoms with E-state index < -0.39 is 34.4 Å². The minimum atomic E-state index is -3.97. The highest BCUT2D eigenvalue weighted by atomic mass is 32.2. The van der Waals surface area contributed by atoms with Crippen LogP contribution in [0.5, 0.6) is 0 Å². The van der Waals surface area contributed by atoms with Gasteiger partial charge in [-0.1, -0.05) is 145 Å². The number of carbonyl (C=O) groups excluding carboxylic acids is 1.